The molecule has 0 radical (unpaired) electrons. The van der Waals surface area contributed by atoms with E-state index in [4.69, 9.17) is 0 Å². The molecule has 0 saturated carbocycles. The number of nitrogens with zero attached hydrogens (tertiary/aromatic N) is 3. The highest BCUT2D eigenvalue weighted by molar-refractivity contribution is 14.0. The van der Waals surface area contributed by atoms with Crippen molar-refractivity contribution >= 4 is 29.9 Å². The maximum Gasteiger partial charge on any atom is 0.250 e. The SMILES string of the molecule is CN=C(NCc1ccc(Cn2ccccc2=O)cc1)NC1CN(C(C)C)CC1C.I. The van der Waals surface area contributed by atoms with Crippen LogP contribution in [0.4, 0.5) is 0 Å². The maximum absolute atomic E-state index is 11.9. The first-order chi connectivity index (χ1) is 14.0. The van der Waals surface area contributed by atoms with Crippen LogP contribution in [0.2, 0.25) is 0 Å². The van der Waals surface area contributed by atoms with Crippen molar-refractivity contribution in [3.8, 4) is 0 Å². The largest absolute Gasteiger partial charge is 0.352 e. The number of hydrogen-bond acceptors (Lipinski definition) is 3. The predicted molar refractivity (Wildman–Crippen MR) is 135 cm³/mol. The first kappa shape index (κ1) is 24.4. The van der Waals surface area contributed by atoms with Crippen LogP contribution in [0, 0.1) is 5.92 Å². The Morgan fingerprint density at radius 3 is 2.43 bits per heavy atom. The van der Waals surface area contributed by atoms with Crippen LogP contribution >= 0.6 is 24.0 Å². The molecule has 2 N–H and O–H groups in total. The Hall–Kier alpha value is -1.87. The summed E-state index contributed by atoms with van der Waals surface area (Å²) in [6, 6.07) is 14.6. The summed E-state index contributed by atoms with van der Waals surface area (Å²) in [6.45, 7) is 10.3. The second-order valence-electron chi connectivity index (χ2n) is 8.18. The number of aliphatic imine (C=N–C) groups is 1. The lowest BCUT2D eigenvalue weighted by molar-refractivity contribution is 0.265. The third kappa shape index (κ3) is 6.57. The minimum absolute atomic E-state index is 0. The zero-order valence-electron chi connectivity index (χ0n) is 18.3. The average molecular weight is 523 g/mol. The van der Waals surface area contributed by atoms with E-state index in [1.165, 1.54) is 5.56 Å². The van der Waals surface area contributed by atoms with Crippen molar-refractivity contribution in [3.63, 3.8) is 0 Å². The van der Waals surface area contributed by atoms with Crippen molar-refractivity contribution in [1.82, 2.24) is 20.1 Å². The number of aromatic nitrogens is 1. The van der Waals surface area contributed by atoms with E-state index in [-0.39, 0.29) is 29.5 Å². The van der Waals surface area contributed by atoms with E-state index in [0.29, 0.717) is 31.1 Å². The van der Waals surface area contributed by atoms with E-state index in [1.54, 1.807) is 16.7 Å². The Kier molecular flexibility index (Phi) is 9.36. The summed E-state index contributed by atoms with van der Waals surface area (Å²) in [4.78, 5) is 18.8. The number of pyridine rings is 1. The lowest BCUT2D eigenvalue weighted by Crippen LogP contribution is -2.46. The Labute approximate surface area is 196 Å². The van der Waals surface area contributed by atoms with Crippen molar-refractivity contribution in [2.75, 3.05) is 20.1 Å². The van der Waals surface area contributed by atoms with Gasteiger partial charge in [-0.15, -0.1) is 24.0 Å². The number of guanidine groups is 1. The normalized spacial score (nSPS) is 19.6. The van der Waals surface area contributed by atoms with Gasteiger partial charge in [0.15, 0.2) is 5.96 Å². The number of benzene rings is 1. The third-order valence-corrected chi connectivity index (χ3v) is 5.65. The summed E-state index contributed by atoms with van der Waals surface area (Å²) in [7, 11) is 1.82. The molecule has 1 aromatic heterocycles. The van der Waals surface area contributed by atoms with Gasteiger partial charge in [0.25, 0.3) is 5.56 Å². The molecule has 2 unspecified atom stereocenters. The minimum Gasteiger partial charge on any atom is -0.352 e. The lowest BCUT2D eigenvalue weighted by atomic mass is 10.1. The molecule has 30 heavy (non-hydrogen) atoms. The van der Waals surface area contributed by atoms with Gasteiger partial charge < -0.3 is 15.2 Å². The van der Waals surface area contributed by atoms with Crippen LogP contribution in [0.1, 0.15) is 31.9 Å². The summed E-state index contributed by atoms with van der Waals surface area (Å²) in [5.41, 5.74) is 2.31. The van der Waals surface area contributed by atoms with Gasteiger partial charge in [-0.3, -0.25) is 14.7 Å². The summed E-state index contributed by atoms with van der Waals surface area (Å²) in [5, 5.41) is 7.00. The first-order valence-electron chi connectivity index (χ1n) is 10.4. The van der Waals surface area contributed by atoms with E-state index in [0.717, 1.165) is 24.6 Å². The van der Waals surface area contributed by atoms with Gasteiger partial charge in [-0.25, -0.2) is 0 Å². The number of likely N-dealkylation sites (tertiary alicyclic amines) is 1. The predicted octanol–water partition coefficient (Wildman–Crippen LogP) is 2.91. The molecule has 2 heterocycles. The van der Waals surface area contributed by atoms with Crippen molar-refractivity contribution in [2.45, 2.75) is 45.9 Å². The molecular formula is C23H34IN5O. The highest BCUT2D eigenvalue weighted by atomic mass is 127. The number of hydrogen-bond donors (Lipinski definition) is 2. The fourth-order valence-electron chi connectivity index (χ4n) is 3.72. The van der Waals surface area contributed by atoms with Crippen molar-refractivity contribution in [1.29, 1.82) is 0 Å². The molecule has 2 atom stereocenters. The molecule has 1 aromatic carbocycles. The van der Waals surface area contributed by atoms with Gasteiger partial charge in [-0.1, -0.05) is 37.3 Å². The fraction of sp³-hybridized carbons (Fsp3) is 0.478. The molecule has 1 saturated heterocycles. The smallest absolute Gasteiger partial charge is 0.250 e. The number of rotatable bonds is 6. The zero-order valence-corrected chi connectivity index (χ0v) is 20.7. The molecular weight excluding hydrogens is 489 g/mol. The molecule has 0 spiro atoms. The summed E-state index contributed by atoms with van der Waals surface area (Å²) in [5.74, 6) is 1.43. The van der Waals surface area contributed by atoms with Crippen molar-refractivity contribution in [3.05, 3.63) is 70.1 Å². The first-order valence-corrected chi connectivity index (χ1v) is 10.4. The summed E-state index contributed by atoms with van der Waals surface area (Å²) >= 11 is 0. The van der Waals surface area contributed by atoms with E-state index in [2.05, 4.69) is 65.6 Å². The molecule has 0 amide bonds. The Morgan fingerprint density at radius 1 is 1.13 bits per heavy atom. The zero-order chi connectivity index (χ0) is 20.8. The van der Waals surface area contributed by atoms with Crippen LogP contribution in [-0.4, -0.2) is 47.6 Å². The topological polar surface area (TPSA) is 61.7 Å². The van der Waals surface area contributed by atoms with Gasteiger partial charge in [0.05, 0.1) is 6.54 Å². The Balaban J connectivity index is 0.00000320. The van der Waals surface area contributed by atoms with Gasteiger partial charge >= 0.3 is 0 Å². The molecule has 7 heteroatoms. The van der Waals surface area contributed by atoms with E-state index < -0.39 is 0 Å². The van der Waals surface area contributed by atoms with Crippen LogP contribution in [0.3, 0.4) is 0 Å². The van der Waals surface area contributed by atoms with Gasteiger partial charge in [-0.2, -0.15) is 0 Å². The molecule has 3 rings (SSSR count). The van der Waals surface area contributed by atoms with Gasteiger partial charge in [0.1, 0.15) is 0 Å². The number of halogens is 1. The Morgan fingerprint density at radius 2 is 1.83 bits per heavy atom. The van der Waals surface area contributed by atoms with Crippen molar-refractivity contribution in [2.24, 2.45) is 10.9 Å². The standard InChI is InChI=1S/C23H33N5O.HI/c1-17(2)28-14-18(3)21(16-28)26-23(24-4)25-13-19-8-10-20(11-9-19)15-27-12-6-5-7-22(27)29;/h5-12,17-18,21H,13-16H2,1-4H3,(H2,24,25,26);1H. The van der Waals surface area contributed by atoms with Gasteiger partial charge in [0.2, 0.25) is 0 Å². The Bertz CT molecular complexity index is 878. The van der Waals surface area contributed by atoms with Crippen LogP contribution in [-0.2, 0) is 13.1 Å². The molecule has 0 aliphatic carbocycles. The molecule has 164 valence electrons. The quantitative estimate of drug-likeness (QED) is 0.348. The van der Waals surface area contributed by atoms with E-state index in [1.807, 2.05) is 19.3 Å². The molecule has 6 nitrogen and oxygen atoms in total. The second-order valence-corrected chi connectivity index (χ2v) is 8.18. The van der Waals surface area contributed by atoms with Crippen LogP contribution in [0.15, 0.2) is 58.4 Å². The molecule has 1 aliphatic heterocycles. The molecule has 1 fully saturated rings. The van der Waals surface area contributed by atoms with Crippen LogP contribution < -0.4 is 16.2 Å². The minimum atomic E-state index is 0. The third-order valence-electron chi connectivity index (χ3n) is 5.65. The summed E-state index contributed by atoms with van der Waals surface area (Å²) in [6.07, 6.45) is 1.82. The van der Waals surface area contributed by atoms with Crippen LogP contribution in [0.25, 0.3) is 0 Å². The fourth-order valence-corrected chi connectivity index (χ4v) is 3.72. The van der Waals surface area contributed by atoms with E-state index in [9.17, 15) is 4.79 Å². The monoisotopic (exact) mass is 523 g/mol. The lowest BCUT2D eigenvalue weighted by Gasteiger charge is -2.22. The van der Waals surface area contributed by atoms with Gasteiger partial charge in [-0.05, 0) is 37.0 Å². The van der Waals surface area contributed by atoms with E-state index >= 15 is 0 Å². The number of nitrogens with one attached hydrogen (secondary N) is 2. The molecule has 2 aromatic rings. The second kappa shape index (κ2) is 11.5. The molecule has 0 bridgehead atoms. The molecule has 1 aliphatic rings. The maximum atomic E-state index is 11.9. The van der Waals surface area contributed by atoms with Crippen LogP contribution in [0.5, 0.6) is 0 Å². The van der Waals surface area contributed by atoms with Gasteiger partial charge in [0, 0.05) is 51.0 Å². The van der Waals surface area contributed by atoms with Crippen molar-refractivity contribution < 1.29 is 0 Å². The highest BCUT2D eigenvalue weighted by Gasteiger charge is 2.31. The summed E-state index contributed by atoms with van der Waals surface area (Å²) < 4.78 is 1.71. The highest BCUT2D eigenvalue weighted by Crippen LogP contribution is 2.18. The average Bonchev–Trinajstić information content (AvgIpc) is 3.08.